The van der Waals surface area contributed by atoms with E-state index in [-0.39, 0.29) is 0 Å². The number of hydrogen-bond donors (Lipinski definition) is 0. The van der Waals surface area contributed by atoms with E-state index in [0.29, 0.717) is 0 Å². The maximum absolute atomic E-state index is 2.12. The lowest BCUT2D eigenvalue weighted by Gasteiger charge is -2.08. The van der Waals surface area contributed by atoms with Crippen LogP contribution in [-0.4, -0.2) is 87.8 Å². The minimum Gasteiger partial charge on any atom is -0.383 e. The average Bonchev–Trinajstić information content (AvgIpc) is 2.38. The molecular formula is C18H32N4+2. The van der Waals surface area contributed by atoms with E-state index in [0.717, 1.165) is 11.1 Å². The van der Waals surface area contributed by atoms with Gasteiger partial charge in [-0.25, -0.2) is 9.15 Å². The number of rotatable bonds is 7. The van der Waals surface area contributed by atoms with Gasteiger partial charge in [0.15, 0.2) is 12.4 Å². The third-order valence-electron chi connectivity index (χ3n) is 2.54. The third kappa shape index (κ3) is 10.7. The Hall–Kier alpha value is -2.10. The molecule has 0 radical (unpaired) electrons. The summed E-state index contributed by atoms with van der Waals surface area (Å²) < 4.78 is 4.07. The van der Waals surface area contributed by atoms with E-state index in [2.05, 4.69) is 49.1 Å². The Morgan fingerprint density at radius 3 is 1.18 bits per heavy atom. The van der Waals surface area contributed by atoms with Crippen molar-refractivity contribution in [2.24, 2.45) is 0 Å². The van der Waals surface area contributed by atoms with E-state index >= 15 is 0 Å². The van der Waals surface area contributed by atoms with E-state index in [1.54, 1.807) is 0 Å². The largest absolute Gasteiger partial charge is 0.383 e. The molecule has 0 spiro atoms. The monoisotopic (exact) mass is 304 g/mol. The molecule has 22 heavy (non-hydrogen) atoms. The first kappa shape index (κ1) is 19.9. The van der Waals surface area contributed by atoms with Gasteiger partial charge in [-0.05, 0) is 35.7 Å². The van der Waals surface area contributed by atoms with E-state index < -0.39 is 0 Å². The Bertz CT molecular complexity index is 459. The fourth-order valence-electron chi connectivity index (χ4n) is 1.41. The highest BCUT2D eigenvalue weighted by molar-refractivity contribution is 5.76. The first-order valence-corrected chi connectivity index (χ1v) is 7.35. The topological polar surface area (TPSA) is 12.5 Å². The highest BCUT2D eigenvalue weighted by Gasteiger charge is 2.00. The molecule has 0 bridgehead atoms. The van der Waals surface area contributed by atoms with Crippen LogP contribution >= 0.6 is 0 Å². The van der Waals surface area contributed by atoms with Gasteiger partial charge in [0.2, 0.25) is 0 Å². The molecule has 0 amide bonds. The van der Waals surface area contributed by atoms with Crippen LogP contribution < -0.4 is 0 Å². The zero-order chi connectivity index (χ0) is 17.1. The molecule has 0 aliphatic carbocycles. The van der Waals surface area contributed by atoms with Crippen molar-refractivity contribution in [1.82, 2.24) is 9.80 Å². The Morgan fingerprint density at radius 2 is 0.955 bits per heavy atom. The van der Waals surface area contributed by atoms with Crippen molar-refractivity contribution in [3.8, 4) is 0 Å². The predicted molar refractivity (Wildman–Crippen MR) is 98.2 cm³/mol. The molecule has 0 aliphatic rings. The molecule has 0 aromatic carbocycles. The van der Waals surface area contributed by atoms with Gasteiger partial charge in [-0.1, -0.05) is 0 Å². The van der Waals surface area contributed by atoms with Gasteiger partial charge in [0.25, 0.3) is 0 Å². The average molecular weight is 304 g/mol. The van der Waals surface area contributed by atoms with Crippen LogP contribution in [0.1, 0.15) is 0 Å². The smallest absolute Gasteiger partial charge is 0.163 e. The van der Waals surface area contributed by atoms with Crippen molar-refractivity contribution in [2.45, 2.75) is 0 Å². The summed E-state index contributed by atoms with van der Waals surface area (Å²) in [6, 6.07) is 0. The minimum atomic E-state index is 1.15. The lowest BCUT2D eigenvalue weighted by Crippen LogP contribution is -2.03. The van der Waals surface area contributed by atoms with Crippen LogP contribution in [0.2, 0.25) is 0 Å². The van der Waals surface area contributed by atoms with Crippen LogP contribution in [0.5, 0.6) is 0 Å². The van der Waals surface area contributed by atoms with Gasteiger partial charge in [-0.15, -0.1) is 0 Å². The summed E-state index contributed by atoms with van der Waals surface area (Å²) >= 11 is 0. The number of nitrogens with zero attached hydrogens (tertiary/aromatic N) is 4. The van der Waals surface area contributed by atoms with Crippen molar-refractivity contribution in [2.75, 3.05) is 56.4 Å². The molecule has 0 fully saturated rings. The quantitative estimate of drug-likeness (QED) is 0.403. The summed E-state index contributed by atoms with van der Waals surface area (Å²) in [6.45, 7) is 0. The third-order valence-corrected chi connectivity index (χ3v) is 2.54. The van der Waals surface area contributed by atoms with Crippen LogP contribution in [0.3, 0.4) is 0 Å². The second-order valence-corrected chi connectivity index (χ2v) is 6.03. The Labute approximate surface area is 136 Å². The maximum atomic E-state index is 2.12. The molecule has 0 saturated carbocycles. The zero-order valence-corrected chi connectivity index (χ0v) is 15.4. The highest BCUT2D eigenvalue weighted by atomic mass is 15.0. The predicted octanol–water partition coefficient (Wildman–Crippen LogP) is 1.68. The molecule has 0 aromatic rings. The Morgan fingerprint density at radius 1 is 0.636 bits per heavy atom. The first-order valence-electron chi connectivity index (χ1n) is 7.35. The molecule has 0 unspecified atom stereocenters. The van der Waals surface area contributed by atoms with E-state index in [4.69, 9.17) is 0 Å². The molecule has 0 atom stereocenters. The van der Waals surface area contributed by atoms with Gasteiger partial charge < -0.3 is 9.80 Å². The zero-order valence-electron chi connectivity index (χ0n) is 15.4. The summed E-state index contributed by atoms with van der Waals surface area (Å²) in [5, 5.41) is 0. The summed E-state index contributed by atoms with van der Waals surface area (Å²) in [4.78, 5) is 4.07. The van der Waals surface area contributed by atoms with Crippen molar-refractivity contribution in [1.29, 1.82) is 0 Å². The lowest BCUT2D eigenvalue weighted by molar-refractivity contribution is -0.458. The lowest BCUT2D eigenvalue weighted by atomic mass is 10.1. The summed E-state index contributed by atoms with van der Waals surface area (Å²) in [7, 11) is 16.2. The van der Waals surface area contributed by atoms with Crippen molar-refractivity contribution < 1.29 is 9.15 Å². The number of hydrogen-bond acceptors (Lipinski definition) is 2. The van der Waals surface area contributed by atoms with Crippen molar-refractivity contribution in [3.63, 3.8) is 0 Å². The normalized spacial score (nSPS) is 12.7. The number of allylic oxidation sites excluding steroid dienone is 6. The highest BCUT2D eigenvalue weighted by Crippen LogP contribution is 2.13. The molecule has 0 aliphatic heterocycles. The Balaban J connectivity index is 5.82. The molecule has 4 nitrogen and oxygen atoms in total. The summed E-state index contributed by atoms with van der Waals surface area (Å²) in [5.41, 5.74) is 2.30. The van der Waals surface area contributed by atoms with E-state index in [1.165, 1.54) is 0 Å². The SMILES string of the molecule is CN(C)C=CC(=CC=[N+](C)C)C(C=CN(C)C)=CC=[N+](C)C. The molecule has 0 heterocycles. The second-order valence-electron chi connectivity index (χ2n) is 6.03. The van der Waals surface area contributed by atoms with Gasteiger partial charge in [-0.2, -0.15) is 0 Å². The first-order chi connectivity index (χ1) is 10.2. The van der Waals surface area contributed by atoms with Crippen LogP contribution in [0, 0.1) is 0 Å². The fraction of sp³-hybridized carbons (Fsp3) is 0.444. The van der Waals surface area contributed by atoms with Crippen LogP contribution in [0.4, 0.5) is 0 Å². The van der Waals surface area contributed by atoms with E-state index in [9.17, 15) is 0 Å². The molecule has 122 valence electrons. The molecule has 0 N–H and O–H groups in total. The van der Waals surface area contributed by atoms with Crippen LogP contribution in [0.15, 0.2) is 47.9 Å². The fourth-order valence-corrected chi connectivity index (χ4v) is 1.41. The minimum absolute atomic E-state index is 1.15. The standard InChI is InChI=1S/C18H32N4/c1-19(2)13-9-17(10-14-20(3)4)18(11-15-21(5)6)12-16-22(7)8/h9-16H,1-8H3/q+2. The van der Waals surface area contributed by atoms with Gasteiger partial charge in [0, 0.05) is 40.3 Å². The molecular weight excluding hydrogens is 272 g/mol. The van der Waals surface area contributed by atoms with Crippen LogP contribution in [0.25, 0.3) is 0 Å². The summed E-state index contributed by atoms with van der Waals surface area (Å²) in [6.07, 6.45) is 16.7. The molecule has 4 heteroatoms. The molecule has 0 saturated heterocycles. The van der Waals surface area contributed by atoms with E-state index in [1.807, 2.05) is 75.3 Å². The van der Waals surface area contributed by atoms with Crippen LogP contribution in [-0.2, 0) is 0 Å². The van der Waals surface area contributed by atoms with Gasteiger partial charge in [-0.3, -0.25) is 0 Å². The summed E-state index contributed by atoms with van der Waals surface area (Å²) in [5.74, 6) is 0. The molecule has 0 aromatic heterocycles. The van der Waals surface area contributed by atoms with Gasteiger partial charge in [0.05, 0.1) is 0 Å². The van der Waals surface area contributed by atoms with Crippen molar-refractivity contribution in [3.05, 3.63) is 47.9 Å². The van der Waals surface area contributed by atoms with Crippen molar-refractivity contribution >= 4 is 12.4 Å². The van der Waals surface area contributed by atoms with Gasteiger partial charge in [0.1, 0.15) is 28.2 Å². The second kappa shape index (κ2) is 10.6. The molecule has 0 rings (SSSR count). The maximum Gasteiger partial charge on any atom is 0.163 e. The van der Waals surface area contributed by atoms with Gasteiger partial charge >= 0.3 is 0 Å². The Kier molecular flexibility index (Phi) is 9.59.